The van der Waals surface area contributed by atoms with Crippen molar-refractivity contribution in [1.29, 1.82) is 0 Å². The van der Waals surface area contributed by atoms with E-state index in [2.05, 4.69) is 5.32 Å². The van der Waals surface area contributed by atoms with Gasteiger partial charge in [-0.1, -0.05) is 11.6 Å². The van der Waals surface area contributed by atoms with Crippen LogP contribution in [0.15, 0.2) is 24.3 Å². The SMILES string of the molecule is CC(C)(CNC(=O)C(C)(C)Oc1ccc(Cl)cc1)C(=O)O. The summed E-state index contributed by atoms with van der Waals surface area (Å²) in [6, 6.07) is 6.66. The third-order valence-electron chi connectivity index (χ3n) is 3.00. The van der Waals surface area contributed by atoms with Crippen molar-refractivity contribution in [1.82, 2.24) is 5.32 Å². The molecule has 1 amide bonds. The molecule has 0 saturated heterocycles. The van der Waals surface area contributed by atoms with E-state index in [1.54, 1.807) is 52.0 Å². The number of amides is 1. The number of rotatable bonds is 6. The zero-order valence-corrected chi connectivity index (χ0v) is 13.3. The third-order valence-corrected chi connectivity index (χ3v) is 3.26. The Morgan fingerprint density at radius 3 is 2.19 bits per heavy atom. The first-order valence-electron chi connectivity index (χ1n) is 6.51. The van der Waals surface area contributed by atoms with E-state index in [4.69, 9.17) is 21.4 Å². The molecule has 0 atom stereocenters. The summed E-state index contributed by atoms with van der Waals surface area (Å²) in [5, 5.41) is 12.2. The number of benzene rings is 1. The molecule has 21 heavy (non-hydrogen) atoms. The summed E-state index contributed by atoms with van der Waals surface area (Å²) in [5.74, 6) is -0.844. The van der Waals surface area contributed by atoms with Crippen LogP contribution < -0.4 is 10.1 Å². The summed E-state index contributed by atoms with van der Waals surface area (Å²) in [7, 11) is 0. The van der Waals surface area contributed by atoms with Crippen molar-refractivity contribution in [3.63, 3.8) is 0 Å². The lowest BCUT2D eigenvalue weighted by atomic mass is 9.93. The molecule has 0 radical (unpaired) electrons. The van der Waals surface area contributed by atoms with Crippen molar-refractivity contribution in [2.24, 2.45) is 5.41 Å². The van der Waals surface area contributed by atoms with E-state index in [9.17, 15) is 9.59 Å². The van der Waals surface area contributed by atoms with E-state index < -0.39 is 17.0 Å². The zero-order valence-electron chi connectivity index (χ0n) is 12.6. The Bertz CT molecular complexity index is 523. The largest absolute Gasteiger partial charge is 0.481 e. The number of ether oxygens (including phenoxy) is 1. The van der Waals surface area contributed by atoms with Crippen LogP contribution in [-0.4, -0.2) is 29.1 Å². The molecular weight excluding hydrogens is 294 g/mol. The summed E-state index contributed by atoms with van der Waals surface area (Å²) < 4.78 is 5.63. The molecule has 0 aliphatic heterocycles. The molecule has 1 aromatic carbocycles. The second-order valence-electron chi connectivity index (χ2n) is 5.94. The molecule has 0 spiro atoms. The van der Waals surface area contributed by atoms with Gasteiger partial charge in [0.25, 0.3) is 5.91 Å². The van der Waals surface area contributed by atoms with E-state index in [1.807, 2.05) is 0 Å². The summed E-state index contributed by atoms with van der Waals surface area (Å²) in [6.45, 7) is 6.34. The molecule has 0 aromatic heterocycles. The minimum absolute atomic E-state index is 0.0224. The van der Waals surface area contributed by atoms with E-state index in [-0.39, 0.29) is 12.5 Å². The van der Waals surface area contributed by atoms with Gasteiger partial charge < -0.3 is 15.2 Å². The maximum atomic E-state index is 12.2. The zero-order chi connectivity index (χ0) is 16.3. The van der Waals surface area contributed by atoms with Crippen LogP contribution in [0, 0.1) is 5.41 Å². The van der Waals surface area contributed by atoms with Gasteiger partial charge in [0.1, 0.15) is 5.75 Å². The number of carboxylic acid groups (broad SMARTS) is 1. The maximum absolute atomic E-state index is 12.2. The highest BCUT2D eigenvalue weighted by molar-refractivity contribution is 6.30. The Hall–Kier alpha value is -1.75. The van der Waals surface area contributed by atoms with Gasteiger partial charge in [0.2, 0.25) is 0 Å². The monoisotopic (exact) mass is 313 g/mol. The van der Waals surface area contributed by atoms with Gasteiger partial charge in [-0.3, -0.25) is 9.59 Å². The molecule has 116 valence electrons. The number of hydrogen-bond donors (Lipinski definition) is 2. The Morgan fingerprint density at radius 2 is 1.71 bits per heavy atom. The number of aliphatic carboxylic acids is 1. The van der Waals surface area contributed by atoms with Gasteiger partial charge in [-0.25, -0.2) is 0 Å². The first-order chi connectivity index (χ1) is 9.54. The molecule has 0 bridgehead atoms. The quantitative estimate of drug-likeness (QED) is 0.846. The van der Waals surface area contributed by atoms with Crippen LogP contribution in [0.2, 0.25) is 5.02 Å². The van der Waals surface area contributed by atoms with Gasteiger partial charge in [-0.2, -0.15) is 0 Å². The van der Waals surface area contributed by atoms with Crippen molar-refractivity contribution in [2.45, 2.75) is 33.3 Å². The van der Waals surface area contributed by atoms with Gasteiger partial charge in [0, 0.05) is 11.6 Å². The van der Waals surface area contributed by atoms with E-state index in [0.717, 1.165) is 0 Å². The lowest BCUT2D eigenvalue weighted by Gasteiger charge is -2.27. The summed E-state index contributed by atoms with van der Waals surface area (Å²) in [4.78, 5) is 23.2. The predicted molar refractivity (Wildman–Crippen MR) is 80.6 cm³/mol. The van der Waals surface area contributed by atoms with Crippen molar-refractivity contribution in [3.8, 4) is 5.75 Å². The van der Waals surface area contributed by atoms with Crippen molar-refractivity contribution in [2.75, 3.05) is 6.54 Å². The highest BCUT2D eigenvalue weighted by atomic mass is 35.5. The minimum Gasteiger partial charge on any atom is -0.481 e. The number of nitrogens with one attached hydrogen (secondary N) is 1. The predicted octanol–water partition coefficient (Wildman–Crippen LogP) is 2.72. The molecule has 1 aromatic rings. The van der Waals surface area contributed by atoms with Crippen molar-refractivity contribution >= 4 is 23.5 Å². The van der Waals surface area contributed by atoms with Gasteiger partial charge in [-0.15, -0.1) is 0 Å². The molecular formula is C15H20ClNO4. The van der Waals surface area contributed by atoms with Gasteiger partial charge in [-0.05, 0) is 52.0 Å². The maximum Gasteiger partial charge on any atom is 0.310 e. The van der Waals surface area contributed by atoms with E-state index >= 15 is 0 Å². The van der Waals surface area contributed by atoms with Crippen molar-refractivity contribution < 1.29 is 19.4 Å². The summed E-state index contributed by atoms with van der Waals surface area (Å²) in [6.07, 6.45) is 0. The smallest absolute Gasteiger partial charge is 0.310 e. The van der Waals surface area contributed by atoms with E-state index in [1.165, 1.54) is 0 Å². The summed E-state index contributed by atoms with van der Waals surface area (Å²) >= 11 is 5.78. The third kappa shape index (κ3) is 4.93. The lowest BCUT2D eigenvalue weighted by Crippen LogP contribution is -2.50. The van der Waals surface area contributed by atoms with Crippen LogP contribution in [0.4, 0.5) is 0 Å². The number of carboxylic acids is 1. The van der Waals surface area contributed by atoms with E-state index in [0.29, 0.717) is 10.8 Å². The Labute approximate surface area is 129 Å². The minimum atomic E-state index is -1.12. The number of carbonyl (C=O) groups excluding carboxylic acids is 1. The Kier molecular flexibility index (Phi) is 5.23. The van der Waals surface area contributed by atoms with Crippen LogP contribution in [0.1, 0.15) is 27.7 Å². The second-order valence-corrected chi connectivity index (χ2v) is 6.37. The van der Waals surface area contributed by atoms with Crippen molar-refractivity contribution in [3.05, 3.63) is 29.3 Å². The topological polar surface area (TPSA) is 75.6 Å². The van der Waals surface area contributed by atoms with Gasteiger partial charge in [0.15, 0.2) is 5.60 Å². The van der Waals surface area contributed by atoms with Crippen LogP contribution in [0.25, 0.3) is 0 Å². The standard InChI is InChI=1S/C15H20ClNO4/c1-14(2,13(19)20)9-17-12(18)15(3,4)21-11-7-5-10(16)6-8-11/h5-8H,9H2,1-4H3,(H,17,18)(H,19,20). The molecule has 0 saturated carbocycles. The molecule has 2 N–H and O–H groups in total. The highest BCUT2D eigenvalue weighted by Crippen LogP contribution is 2.21. The molecule has 0 aliphatic rings. The fourth-order valence-electron chi connectivity index (χ4n) is 1.43. The molecule has 1 rings (SSSR count). The lowest BCUT2D eigenvalue weighted by molar-refractivity contribution is -0.147. The molecule has 0 fully saturated rings. The highest BCUT2D eigenvalue weighted by Gasteiger charge is 2.33. The van der Waals surface area contributed by atoms with Gasteiger partial charge >= 0.3 is 5.97 Å². The molecule has 0 heterocycles. The van der Waals surface area contributed by atoms with Crippen LogP contribution in [-0.2, 0) is 9.59 Å². The number of hydrogen-bond acceptors (Lipinski definition) is 3. The number of halogens is 1. The van der Waals surface area contributed by atoms with Gasteiger partial charge in [0.05, 0.1) is 5.41 Å². The average molecular weight is 314 g/mol. The Balaban J connectivity index is 2.67. The van der Waals surface area contributed by atoms with Crippen LogP contribution in [0.3, 0.4) is 0 Å². The summed E-state index contributed by atoms with van der Waals surface area (Å²) in [5.41, 5.74) is -2.16. The molecule has 0 unspecified atom stereocenters. The normalized spacial score (nSPS) is 11.9. The van der Waals surface area contributed by atoms with Crippen LogP contribution >= 0.6 is 11.6 Å². The first-order valence-corrected chi connectivity index (χ1v) is 6.89. The van der Waals surface area contributed by atoms with Crippen LogP contribution in [0.5, 0.6) is 5.75 Å². The molecule has 6 heteroatoms. The number of carbonyl (C=O) groups is 2. The first kappa shape index (κ1) is 17.3. The molecule has 5 nitrogen and oxygen atoms in total. The fourth-order valence-corrected chi connectivity index (χ4v) is 1.56. The average Bonchev–Trinajstić information content (AvgIpc) is 2.38. The Morgan fingerprint density at radius 1 is 1.19 bits per heavy atom. The fraction of sp³-hybridized carbons (Fsp3) is 0.467. The second kappa shape index (κ2) is 6.35. The molecule has 0 aliphatic carbocycles.